The van der Waals surface area contributed by atoms with Crippen molar-refractivity contribution in [2.75, 3.05) is 95.3 Å². The van der Waals surface area contributed by atoms with Crippen molar-refractivity contribution in [2.45, 2.75) is 46.1 Å². The summed E-state index contributed by atoms with van der Waals surface area (Å²) in [6.07, 6.45) is 21.5. The third-order valence-corrected chi connectivity index (χ3v) is 11.4. The van der Waals surface area contributed by atoms with Gasteiger partial charge in [0.05, 0.1) is 0 Å². The number of nitrogens with zero attached hydrogens (tertiary/aromatic N) is 6. The number of rotatable bonds is 26. The fourth-order valence-electron chi connectivity index (χ4n) is 5.66. The van der Waals surface area contributed by atoms with E-state index in [2.05, 4.69) is 181 Å². The van der Waals surface area contributed by atoms with Gasteiger partial charge < -0.3 is 19.6 Å². The van der Waals surface area contributed by atoms with Gasteiger partial charge in [-0.3, -0.25) is 4.99 Å². The van der Waals surface area contributed by atoms with Gasteiger partial charge in [-0.05, 0) is 120 Å². The molecule has 0 bridgehead atoms. The SMILES string of the molecule is CC/N=C/CC/C=C/C=C/c1ccc(N(C)CCCN(C)CCSSCCN(C)CCCN(C)c2ccc(/C=C/c3cccc[n+]3CC)cc2)cc1. The summed E-state index contributed by atoms with van der Waals surface area (Å²) in [5, 5.41) is 0. The maximum absolute atomic E-state index is 4.25. The van der Waals surface area contributed by atoms with E-state index in [9.17, 15) is 0 Å². The third-order valence-electron chi connectivity index (χ3n) is 9.00. The van der Waals surface area contributed by atoms with E-state index in [1.807, 2.05) is 27.8 Å². The summed E-state index contributed by atoms with van der Waals surface area (Å²) in [4.78, 5) is 13.9. The summed E-state index contributed by atoms with van der Waals surface area (Å²) in [6, 6.07) is 24.1. The average molecular weight is 742 g/mol. The van der Waals surface area contributed by atoms with Crippen LogP contribution in [0.15, 0.2) is 96.1 Å². The first-order valence-electron chi connectivity index (χ1n) is 19.1. The van der Waals surface area contributed by atoms with Crippen molar-refractivity contribution >= 4 is 57.4 Å². The molecule has 0 aliphatic rings. The molecule has 8 heteroatoms. The third kappa shape index (κ3) is 18.0. The molecule has 0 amide bonds. The Morgan fingerprint density at radius 2 is 1.19 bits per heavy atom. The molecule has 6 nitrogen and oxygen atoms in total. The molecule has 1 heterocycles. The van der Waals surface area contributed by atoms with Crippen LogP contribution in [0.25, 0.3) is 18.2 Å². The normalized spacial score (nSPS) is 12.2. The molecule has 1 aromatic heterocycles. The number of unbranched alkanes of at least 4 members (excludes halogenated alkanes) is 1. The van der Waals surface area contributed by atoms with Gasteiger partial charge >= 0.3 is 0 Å². The fraction of sp³-hybridized carbons (Fsp3) is 0.455. The number of hydrogen-bond acceptors (Lipinski definition) is 7. The molecule has 0 N–H and O–H groups in total. The molecule has 0 saturated heterocycles. The average Bonchev–Trinajstić information content (AvgIpc) is 3.16. The zero-order valence-corrected chi connectivity index (χ0v) is 34.5. The van der Waals surface area contributed by atoms with E-state index < -0.39 is 0 Å². The zero-order valence-electron chi connectivity index (χ0n) is 32.9. The Morgan fingerprint density at radius 3 is 1.75 bits per heavy atom. The molecule has 0 aliphatic heterocycles. The summed E-state index contributed by atoms with van der Waals surface area (Å²) in [5.74, 6) is 2.34. The van der Waals surface area contributed by atoms with Crippen LogP contribution >= 0.6 is 21.6 Å². The predicted molar refractivity (Wildman–Crippen MR) is 236 cm³/mol. The van der Waals surface area contributed by atoms with Crippen LogP contribution in [0, 0.1) is 0 Å². The second-order valence-electron chi connectivity index (χ2n) is 13.3. The summed E-state index contributed by atoms with van der Waals surface area (Å²) in [7, 11) is 12.9. The topological polar surface area (TPSA) is 29.2 Å². The molecule has 0 saturated carbocycles. The highest BCUT2D eigenvalue weighted by molar-refractivity contribution is 8.76. The first-order chi connectivity index (χ1) is 25.4. The quantitative estimate of drug-likeness (QED) is 0.0268. The van der Waals surface area contributed by atoms with Gasteiger partial charge in [0.1, 0.15) is 6.54 Å². The lowest BCUT2D eigenvalue weighted by atomic mass is 10.1. The molecular formula is C44H65N6S2+. The highest BCUT2D eigenvalue weighted by Crippen LogP contribution is 2.21. The van der Waals surface area contributed by atoms with Crippen molar-refractivity contribution in [3.8, 4) is 0 Å². The number of pyridine rings is 1. The van der Waals surface area contributed by atoms with Crippen LogP contribution < -0.4 is 14.4 Å². The molecule has 0 spiro atoms. The van der Waals surface area contributed by atoms with Gasteiger partial charge in [-0.15, -0.1) is 0 Å². The van der Waals surface area contributed by atoms with Crippen LogP contribution in [-0.4, -0.2) is 102 Å². The smallest absolute Gasteiger partial charge is 0.205 e. The Kier molecular flexibility index (Phi) is 21.9. The summed E-state index contributed by atoms with van der Waals surface area (Å²) < 4.78 is 2.25. The minimum Gasteiger partial charge on any atom is -0.375 e. The van der Waals surface area contributed by atoms with Crippen molar-refractivity contribution in [1.29, 1.82) is 0 Å². The first kappa shape index (κ1) is 43.1. The van der Waals surface area contributed by atoms with Crippen molar-refractivity contribution in [3.05, 3.63) is 108 Å². The number of benzene rings is 2. The number of anilines is 2. The maximum Gasteiger partial charge on any atom is 0.205 e. The minimum atomic E-state index is 0.871. The van der Waals surface area contributed by atoms with Crippen LogP contribution in [0.5, 0.6) is 0 Å². The molecule has 282 valence electrons. The standard InChI is InChI=1S/C44H65N6S2/c1-7-45-30-14-11-9-10-12-18-40-20-25-42(26-21-40)48(5)33-16-31-46(3)36-38-51-52-39-37-47(4)32-17-34-49(6)43-27-22-41(23-28-43)24-29-44-19-13-15-35-50(44)8-2/h9-10,12-13,15,18-30,35H,7-8,11,14,16-17,31-34,36-39H2,1-6H3/q+1/b10-9+,18-12+,45-30+. The van der Waals surface area contributed by atoms with Gasteiger partial charge in [0.25, 0.3) is 0 Å². The molecule has 3 rings (SSSR count). The van der Waals surface area contributed by atoms with Crippen LogP contribution in [0.2, 0.25) is 0 Å². The molecule has 0 fully saturated rings. The Balaban J connectivity index is 1.19. The summed E-state index contributed by atoms with van der Waals surface area (Å²) in [5.41, 5.74) is 6.23. The molecule has 52 heavy (non-hydrogen) atoms. The minimum absolute atomic E-state index is 0.871. The lowest BCUT2D eigenvalue weighted by Crippen LogP contribution is -2.34. The number of hydrogen-bond donors (Lipinski definition) is 0. The van der Waals surface area contributed by atoms with E-state index >= 15 is 0 Å². The summed E-state index contributed by atoms with van der Waals surface area (Å²) >= 11 is 0. The fourth-order valence-corrected chi connectivity index (χ4v) is 7.83. The first-order valence-corrected chi connectivity index (χ1v) is 21.6. The second kappa shape index (κ2) is 26.5. The van der Waals surface area contributed by atoms with E-state index in [4.69, 9.17) is 0 Å². The number of aromatic nitrogens is 1. The van der Waals surface area contributed by atoms with Gasteiger partial charge in [-0.2, -0.15) is 4.57 Å². The highest BCUT2D eigenvalue weighted by Gasteiger charge is 2.06. The summed E-state index contributed by atoms with van der Waals surface area (Å²) in [6.45, 7) is 12.7. The van der Waals surface area contributed by atoms with E-state index in [1.54, 1.807) is 0 Å². The van der Waals surface area contributed by atoms with Crippen LogP contribution in [-0.2, 0) is 6.54 Å². The lowest BCUT2D eigenvalue weighted by molar-refractivity contribution is -0.695. The Morgan fingerprint density at radius 1 is 0.615 bits per heavy atom. The van der Waals surface area contributed by atoms with Gasteiger partial charge in [-0.1, -0.05) is 70.2 Å². The largest absolute Gasteiger partial charge is 0.375 e. The van der Waals surface area contributed by atoms with Crippen LogP contribution in [0.3, 0.4) is 0 Å². The van der Waals surface area contributed by atoms with Gasteiger partial charge in [-0.25, -0.2) is 0 Å². The Labute approximate surface area is 324 Å². The van der Waals surface area contributed by atoms with E-state index in [-0.39, 0.29) is 0 Å². The lowest BCUT2D eigenvalue weighted by Gasteiger charge is -2.22. The number of aryl methyl sites for hydroxylation is 1. The second-order valence-corrected chi connectivity index (χ2v) is 16.0. The van der Waals surface area contributed by atoms with Gasteiger partial charge in [0.15, 0.2) is 6.20 Å². The van der Waals surface area contributed by atoms with Crippen molar-refractivity contribution in [1.82, 2.24) is 9.80 Å². The van der Waals surface area contributed by atoms with Crippen LogP contribution in [0.1, 0.15) is 56.4 Å². The molecule has 2 aromatic carbocycles. The molecule has 0 aliphatic carbocycles. The molecule has 0 unspecified atom stereocenters. The molecule has 0 radical (unpaired) electrons. The van der Waals surface area contributed by atoms with E-state index in [1.165, 1.54) is 39.7 Å². The number of aliphatic imine (C=N–C) groups is 1. The molecular weight excluding hydrogens is 677 g/mol. The Hall–Kier alpha value is -3.30. The maximum atomic E-state index is 4.25. The van der Waals surface area contributed by atoms with Crippen molar-refractivity contribution in [2.24, 2.45) is 4.99 Å². The van der Waals surface area contributed by atoms with Crippen molar-refractivity contribution in [3.63, 3.8) is 0 Å². The van der Waals surface area contributed by atoms with Crippen LogP contribution in [0.4, 0.5) is 11.4 Å². The van der Waals surface area contributed by atoms with Gasteiger partial charge in [0.2, 0.25) is 5.69 Å². The predicted octanol–water partition coefficient (Wildman–Crippen LogP) is 9.20. The monoisotopic (exact) mass is 741 g/mol. The Bertz CT molecular complexity index is 1490. The van der Waals surface area contributed by atoms with E-state index in [0.29, 0.717) is 0 Å². The molecule has 3 aromatic rings. The highest BCUT2D eigenvalue weighted by atomic mass is 33.1. The van der Waals surface area contributed by atoms with E-state index in [0.717, 1.165) is 78.0 Å². The zero-order chi connectivity index (χ0) is 37.2. The molecule has 0 atom stereocenters. The van der Waals surface area contributed by atoms with Gasteiger partial charge in [0, 0.05) is 87.9 Å². The van der Waals surface area contributed by atoms with Crippen molar-refractivity contribution < 1.29 is 4.57 Å². The number of allylic oxidation sites excluding steroid dienone is 3.